The molecule has 4 saturated carbocycles. The number of amides is 2. The smallest absolute Gasteiger partial charge is 0.251 e. The molecular weight excluding hydrogens is 312 g/mol. The quantitative estimate of drug-likeness (QED) is 0.885. The second-order valence-electron chi connectivity index (χ2n) is 8.73. The number of carbonyl (C=O) groups is 2. The van der Waals surface area contributed by atoms with E-state index in [1.165, 1.54) is 19.3 Å². The van der Waals surface area contributed by atoms with Crippen LogP contribution >= 0.6 is 0 Å². The summed E-state index contributed by atoms with van der Waals surface area (Å²) in [5.74, 6) is 2.19. The van der Waals surface area contributed by atoms with E-state index in [1.54, 1.807) is 0 Å². The number of carbonyl (C=O) groups excluding carboxylic acids is 2. The minimum atomic E-state index is -0.177. The van der Waals surface area contributed by atoms with Gasteiger partial charge in [-0.05, 0) is 93.4 Å². The van der Waals surface area contributed by atoms with Gasteiger partial charge in [0.2, 0.25) is 5.91 Å². The standard InChI is InChI=1S/C21H28N2O2/c1-13-3-4-18(5-14(13)2)20(25)22-12-19(24)23-21-9-15-6-16(10-21)8-17(7-15)11-21/h3-5,15-17H,6-12H2,1-2H3,(H,22,25)(H,23,24). The normalized spacial score (nSPS) is 32.5. The van der Waals surface area contributed by atoms with Gasteiger partial charge in [0.05, 0.1) is 6.54 Å². The van der Waals surface area contributed by atoms with Crippen LogP contribution in [0.25, 0.3) is 0 Å². The molecule has 0 unspecified atom stereocenters. The summed E-state index contributed by atoms with van der Waals surface area (Å²) >= 11 is 0. The van der Waals surface area contributed by atoms with Crippen molar-refractivity contribution in [3.63, 3.8) is 0 Å². The maximum atomic E-state index is 12.5. The predicted molar refractivity (Wildman–Crippen MR) is 97.3 cm³/mol. The van der Waals surface area contributed by atoms with Crippen LogP contribution in [0.2, 0.25) is 0 Å². The molecular formula is C21H28N2O2. The van der Waals surface area contributed by atoms with E-state index in [-0.39, 0.29) is 23.9 Å². The van der Waals surface area contributed by atoms with Gasteiger partial charge in [0.25, 0.3) is 5.91 Å². The molecule has 0 heterocycles. The minimum absolute atomic E-state index is 0.0109. The largest absolute Gasteiger partial charge is 0.349 e. The summed E-state index contributed by atoms with van der Waals surface area (Å²) in [4.78, 5) is 24.7. The monoisotopic (exact) mass is 340 g/mol. The molecule has 4 heteroatoms. The molecule has 4 fully saturated rings. The Balaban J connectivity index is 1.33. The summed E-state index contributed by atoms with van der Waals surface area (Å²) in [6.45, 7) is 4.08. The SMILES string of the molecule is Cc1ccc(C(=O)NCC(=O)NC23CC4CC(CC(C4)C2)C3)cc1C. The van der Waals surface area contributed by atoms with Crippen LogP contribution < -0.4 is 10.6 Å². The molecule has 1 aromatic carbocycles. The van der Waals surface area contributed by atoms with Crippen molar-refractivity contribution in [2.24, 2.45) is 17.8 Å². The highest BCUT2D eigenvalue weighted by Gasteiger charge is 2.51. The first kappa shape index (κ1) is 16.6. The fourth-order valence-corrected chi connectivity index (χ4v) is 5.75. The second-order valence-corrected chi connectivity index (χ2v) is 8.73. The molecule has 25 heavy (non-hydrogen) atoms. The second kappa shape index (κ2) is 6.15. The van der Waals surface area contributed by atoms with Crippen molar-refractivity contribution < 1.29 is 9.59 Å². The highest BCUT2D eigenvalue weighted by atomic mass is 16.2. The Morgan fingerprint density at radius 3 is 2.16 bits per heavy atom. The van der Waals surface area contributed by atoms with Gasteiger partial charge in [0, 0.05) is 11.1 Å². The number of hydrogen-bond acceptors (Lipinski definition) is 2. The zero-order valence-electron chi connectivity index (χ0n) is 15.2. The Labute approximate surface area is 149 Å². The van der Waals surface area contributed by atoms with Crippen LogP contribution in [0.1, 0.15) is 60.0 Å². The summed E-state index contributed by atoms with van der Waals surface area (Å²) in [6, 6.07) is 5.63. The van der Waals surface area contributed by atoms with Crippen molar-refractivity contribution in [3.05, 3.63) is 34.9 Å². The van der Waals surface area contributed by atoms with Gasteiger partial charge in [-0.15, -0.1) is 0 Å². The van der Waals surface area contributed by atoms with E-state index >= 15 is 0 Å². The third-order valence-corrected chi connectivity index (χ3v) is 6.62. The Hall–Kier alpha value is -1.84. The number of benzene rings is 1. The van der Waals surface area contributed by atoms with E-state index in [1.807, 2.05) is 32.0 Å². The lowest BCUT2D eigenvalue weighted by Gasteiger charge is -2.56. The van der Waals surface area contributed by atoms with Gasteiger partial charge in [-0.3, -0.25) is 9.59 Å². The van der Waals surface area contributed by atoms with Crippen LogP contribution in [0.4, 0.5) is 0 Å². The van der Waals surface area contributed by atoms with E-state index in [0.717, 1.165) is 48.1 Å². The zero-order chi connectivity index (χ0) is 17.6. The Morgan fingerprint density at radius 2 is 1.60 bits per heavy atom. The van der Waals surface area contributed by atoms with Crippen LogP contribution in [0.5, 0.6) is 0 Å². The Morgan fingerprint density at radius 1 is 1.00 bits per heavy atom. The number of aryl methyl sites for hydroxylation is 2. The predicted octanol–water partition coefficient (Wildman–Crippen LogP) is 3.12. The summed E-state index contributed by atoms with van der Waals surface area (Å²) in [5, 5.41) is 6.08. The molecule has 2 N–H and O–H groups in total. The molecule has 0 spiro atoms. The first-order valence-electron chi connectivity index (χ1n) is 9.59. The lowest BCUT2D eigenvalue weighted by molar-refractivity contribution is -0.125. The first-order valence-corrected chi connectivity index (χ1v) is 9.59. The van der Waals surface area contributed by atoms with Gasteiger partial charge in [0.1, 0.15) is 0 Å². The third-order valence-electron chi connectivity index (χ3n) is 6.62. The zero-order valence-corrected chi connectivity index (χ0v) is 15.2. The number of nitrogens with one attached hydrogen (secondary N) is 2. The van der Waals surface area contributed by atoms with Crippen molar-refractivity contribution in [1.82, 2.24) is 10.6 Å². The summed E-state index contributed by atoms with van der Waals surface area (Å²) < 4.78 is 0. The van der Waals surface area contributed by atoms with Crippen LogP contribution in [-0.2, 0) is 4.79 Å². The average molecular weight is 340 g/mol. The molecule has 4 aliphatic carbocycles. The van der Waals surface area contributed by atoms with Gasteiger partial charge >= 0.3 is 0 Å². The van der Waals surface area contributed by atoms with E-state index in [9.17, 15) is 9.59 Å². The topological polar surface area (TPSA) is 58.2 Å². The van der Waals surface area contributed by atoms with Crippen LogP contribution in [-0.4, -0.2) is 23.9 Å². The molecule has 4 aliphatic rings. The van der Waals surface area contributed by atoms with Crippen LogP contribution in [0, 0.1) is 31.6 Å². The number of hydrogen-bond donors (Lipinski definition) is 2. The Bertz CT molecular complexity index is 675. The van der Waals surface area contributed by atoms with Gasteiger partial charge in [-0.25, -0.2) is 0 Å². The average Bonchev–Trinajstić information content (AvgIpc) is 2.53. The van der Waals surface area contributed by atoms with Crippen molar-refractivity contribution >= 4 is 11.8 Å². The van der Waals surface area contributed by atoms with Crippen molar-refractivity contribution in [2.75, 3.05) is 6.54 Å². The van der Waals surface area contributed by atoms with E-state index in [2.05, 4.69) is 10.6 Å². The summed E-state index contributed by atoms with van der Waals surface area (Å²) in [6.07, 6.45) is 7.48. The fraction of sp³-hybridized carbons (Fsp3) is 0.619. The van der Waals surface area contributed by atoms with Crippen LogP contribution in [0.3, 0.4) is 0 Å². The van der Waals surface area contributed by atoms with Crippen molar-refractivity contribution in [3.8, 4) is 0 Å². The maximum Gasteiger partial charge on any atom is 0.251 e. The first-order chi connectivity index (χ1) is 11.9. The molecule has 4 bridgehead atoms. The molecule has 2 amide bonds. The molecule has 5 rings (SSSR count). The molecule has 0 saturated heterocycles. The summed E-state index contributed by atoms with van der Waals surface area (Å²) in [7, 11) is 0. The third kappa shape index (κ3) is 3.31. The molecule has 0 radical (unpaired) electrons. The van der Waals surface area contributed by atoms with E-state index in [4.69, 9.17) is 0 Å². The van der Waals surface area contributed by atoms with Crippen LogP contribution in [0.15, 0.2) is 18.2 Å². The molecule has 0 aliphatic heterocycles. The van der Waals surface area contributed by atoms with E-state index < -0.39 is 0 Å². The van der Waals surface area contributed by atoms with Gasteiger partial charge < -0.3 is 10.6 Å². The van der Waals surface area contributed by atoms with Gasteiger partial charge in [-0.1, -0.05) is 6.07 Å². The highest BCUT2D eigenvalue weighted by Crippen LogP contribution is 2.55. The molecule has 1 aromatic rings. The fourth-order valence-electron chi connectivity index (χ4n) is 5.75. The molecule has 4 nitrogen and oxygen atoms in total. The maximum absolute atomic E-state index is 12.5. The van der Waals surface area contributed by atoms with Gasteiger partial charge in [-0.2, -0.15) is 0 Å². The molecule has 0 aromatic heterocycles. The minimum Gasteiger partial charge on any atom is -0.349 e. The lowest BCUT2D eigenvalue weighted by Crippen LogP contribution is -2.61. The van der Waals surface area contributed by atoms with Crippen molar-refractivity contribution in [1.29, 1.82) is 0 Å². The molecule has 134 valence electrons. The number of rotatable bonds is 4. The highest BCUT2D eigenvalue weighted by molar-refractivity contribution is 5.96. The Kier molecular flexibility index (Phi) is 4.09. The van der Waals surface area contributed by atoms with Gasteiger partial charge in [0.15, 0.2) is 0 Å². The van der Waals surface area contributed by atoms with Crippen molar-refractivity contribution in [2.45, 2.75) is 57.9 Å². The van der Waals surface area contributed by atoms with E-state index in [0.29, 0.717) is 5.56 Å². The molecule has 0 atom stereocenters. The lowest BCUT2D eigenvalue weighted by atomic mass is 9.53. The summed E-state index contributed by atoms with van der Waals surface area (Å²) in [5.41, 5.74) is 2.88.